The summed E-state index contributed by atoms with van der Waals surface area (Å²) >= 11 is 15.2. The molecule has 0 spiro atoms. The lowest BCUT2D eigenvalue weighted by molar-refractivity contribution is 0.0693. The highest BCUT2D eigenvalue weighted by Crippen LogP contribution is 2.32. The molecule has 1 amide bonds. The Morgan fingerprint density at radius 2 is 1.63 bits per heavy atom. The van der Waals surface area contributed by atoms with Crippen molar-refractivity contribution in [3.8, 4) is 0 Å². The van der Waals surface area contributed by atoms with Crippen molar-refractivity contribution in [1.29, 1.82) is 0 Å². The van der Waals surface area contributed by atoms with Gasteiger partial charge in [0.1, 0.15) is 10.7 Å². The minimum atomic E-state index is -3.90. The number of carbonyl (C=O) groups is 1. The summed E-state index contributed by atoms with van der Waals surface area (Å²) in [5.74, 6) is -1.11. The lowest BCUT2D eigenvalue weighted by Crippen LogP contribution is -2.50. The van der Waals surface area contributed by atoms with Crippen LogP contribution in [0.1, 0.15) is 10.4 Å². The van der Waals surface area contributed by atoms with Crippen molar-refractivity contribution in [2.45, 2.75) is 4.90 Å². The van der Waals surface area contributed by atoms with E-state index in [1.807, 2.05) is 0 Å². The monoisotopic (exact) mass is 494 g/mol. The minimum Gasteiger partial charge on any atom is -0.336 e. The summed E-state index contributed by atoms with van der Waals surface area (Å²) in [5, 5.41) is 0.0795. The number of benzene rings is 2. The number of piperazine rings is 1. The maximum absolute atomic E-state index is 14.0. The second-order valence-corrected chi connectivity index (χ2v) is 9.48. The third-order valence-electron chi connectivity index (χ3n) is 4.20. The maximum Gasteiger partial charge on any atom is 0.256 e. The standard InChI is InChI=1S/C17H14BrCl2FN2O3S/c18-11-4-5-12(15(21)10-11)17(24)22-6-8-23(9-7-22)27(25,26)16-13(19)2-1-3-14(16)20/h1-5,10H,6-9H2. The molecule has 0 aliphatic carbocycles. The van der Waals surface area contributed by atoms with Crippen LogP contribution in [0.2, 0.25) is 10.0 Å². The molecular weight excluding hydrogens is 482 g/mol. The Kier molecular flexibility index (Phi) is 6.12. The lowest BCUT2D eigenvalue weighted by atomic mass is 10.1. The van der Waals surface area contributed by atoms with E-state index in [2.05, 4.69) is 15.9 Å². The van der Waals surface area contributed by atoms with Crippen LogP contribution in [-0.2, 0) is 10.0 Å². The average molecular weight is 496 g/mol. The molecule has 5 nitrogen and oxygen atoms in total. The van der Waals surface area contributed by atoms with Crippen molar-refractivity contribution in [2.75, 3.05) is 26.2 Å². The van der Waals surface area contributed by atoms with Crippen LogP contribution in [0.15, 0.2) is 45.8 Å². The summed E-state index contributed by atoms with van der Waals surface area (Å²) in [4.78, 5) is 13.8. The first kappa shape index (κ1) is 20.5. The minimum absolute atomic E-state index is 0.0398. The van der Waals surface area contributed by atoms with E-state index in [9.17, 15) is 17.6 Å². The van der Waals surface area contributed by atoms with Gasteiger partial charge in [0.15, 0.2) is 0 Å². The first-order chi connectivity index (χ1) is 12.7. The Balaban J connectivity index is 1.76. The van der Waals surface area contributed by atoms with Gasteiger partial charge in [0, 0.05) is 30.7 Å². The Morgan fingerprint density at radius 3 is 2.19 bits per heavy atom. The molecule has 0 atom stereocenters. The summed E-state index contributed by atoms with van der Waals surface area (Å²) in [5.41, 5.74) is -0.0522. The molecule has 0 bridgehead atoms. The fourth-order valence-electron chi connectivity index (χ4n) is 2.82. The van der Waals surface area contributed by atoms with Gasteiger partial charge >= 0.3 is 0 Å². The van der Waals surface area contributed by atoms with E-state index in [4.69, 9.17) is 23.2 Å². The van der Waals surface area contributed by atoms with Gasteiger partial charge in [0.25, 0.3) is 5.91 Å². The molecule has 1 heterocycles. The Hall–Kier alpha value is -1.19. The maximum atomic E-state index is 14.0. The van der Waals surface area contributed by atoms with Crippen molar-refractivity contribution in [3.05, 3.63) is 62.3 Å². The number of nitrogens with zero attached hydrogens (tertiary/aromatic N) is 2. The van der Waals surface area contributed by atoms with Crippen molar-refractivity contribution >= 4 is 55.1 Å². The molecule has 2 aromatic rings. The van der Waals surface area contributed by atoms with E-state index >= 15 is 0 Å². The Bertz CT molecular complexity index is 975. The molecular formula is C17H14BrCl2FN2O3S. The van der Waals surface area contributed by atoms with Crippen molar-refractivity contribution in [3.63, 3.8) is 0 Å². The fraction of sp³-hybridized carbons (Fsp3) is 0.235. The van der Waals surface area contributed by atoms with Crippen LogP contribution in [0.3, 0.4) is 0 Å². The number of hydrogen-bond acceptors (Lipinski definition) is 3. The molecule has 3 rings (SSSR count). The lowest BCUT2D eigenvalue weighted by Gasteiger charge is -2.34. The van der Waals surface area contributed by atoms with E-state index in [0.29, 0.717) is 4.47 Å². The van der Waals surface area contributed by atoms with Gasteiger partial charge in [0.05, 0.1) is 15.6 Å². The molecule has 10 heteroatoms. The smallest absolute Gasteiger partial charge is 0.256 e. The number of rotatable bonds is 3. The Labute approximate surface area is 174 Å². The zero-order valence-corrected chi connectivity index (χ0v) is 17.7. The van der Waals surface area contributed by atoms with Gasteiger partial charge in [-0.1, -0.05) is 45.2 Å². The van der Waals surface area contributed by atoms with E-state index in [1.165, 1.54) is 33.5 Å². The topological polar surface area (TPSA) is 57.7 Å². The predicted octanol–water partition coefficient (Wildman–Crippen LogP) is 4.04. The predicted molar refractivity (Wildman–Crippen MR) is 105 cm³/mol. The molecule has 1 aliphatic heterocycles. The molecule has 1 saturated heterocycles. The van der Waals surface area contributed by atoms with Crippen LogP contribution in [0, 0.1) is 5.82 Å². The molecule has 0 saturated carbocycles. The number of amides is 1. The van der Waals surface area contributed by atoms with Crippen LogP contribution >= 0.6 is 39.1 Å². The number of hydrogen-bond donors (Lipinski definition) is 0. The Morgan fingerprint density at radius 1 is 1.04 bits per heavy atom. The highest BCUT2D eigenvalue weighted by Gasteiger charge is 2.33. The summed E-state index contributed by atoms with van der Waals surface area (Å²) in [7, 11) is -3.90. The van der Waals surface area contributed by atoms with Gasteiger partial charge in [0.2, 0.25) is 10.0 Å². The highest BCUT2D eigenvalue weighted by atomic mass is 79.9. The molecule has 1 fully saturated rings. The molecule has 0 unspecified atom stereocenters. The average Bonchev–Trinajstić information content (AvgIpc) is 2.61. The van der Waals surface area contributed by atoms with Gasteiger partial charge < -0.3 is 4.90 Å². The molecule has 0 radical (unpaired) electrons. The van der Waals surface area contributed by atoms with Crippen molar-refractivity contribution in [1.82, 2.24) is 9.21 Å². The second-order valence-electron chi connectivity index (χ2n) is 5.87. The van der Waals surface area contributed by atoms with Crippen LogP contribution in [0.5, 0.6) is 0 Å². The summed E-state index contributed by atoms with van der Waals surface area (Å²) in [6.45, 7) is 0.396. The third-order valence-corrected chi connectivity index (χ3v) is 7.55. The summed E-state index contributed by atoms with van der Waals surface area (Å²) in [6.07, 6.45) is 0. The summed E-state index contributed by atoms with van der Waals surface area (Å²) in [6, 6.07) is 8.66. The van der Waals surface area contributed by atoms with Crippen molar-refractivity contribution in [2.24, 2.45) is 0 Å². The van der Waals surface area contributed by atoms with Gasteiger partial charge in [-0.3, -0.25) is 4.79 Å². The van der Waals surface area contributed by atoms with Gasteiger partial charge in [-0.05, 0) is 30.3 Å². The van der Waals surface area contributed by atoms with E-state index < -0.39 is 21.7 Å². The van der Waals surface area contributed by atoms with E-state index in [1.54, 1.807) is 12.1 Å². The van der Waals surface area contributed by atoms with Gasteiger partial charge in [-0.2, -0.15) is 4.31 Å². The molecule has 27 heavy (non-hydrogen) atoms. The largest absolute Gasteiger partial charge is 0.336 e. The van der Waals surface area contributed by atoms with Crippen LogP contribution in [0.25, 0.3) is 0 Å². The van der Waals surface area contributed by atoms with Gasteiger partial charge in [-0.15, -0.1) is 0 Å². The molecule has 0 N–H and O–H groups in total. The third kappa shape index (κ3) is 4.14. The van der Waals surface area contributed by atoms with E-state index in [-0.39, 0.29) is 46.7 Å². The zero-order valence-electron chi connectivity index (χ0n) is 13.8. The number of sulfonamides is 1. The number of carbonyl (C=O) groups excluding carboxylic acids is 1. The number of halogens is 4. The van der Waals surface area contributed by atoms with Crippen molar-refractivity contribution < 1.29 is 17.6 Å². The van der Waals surface area contributed by atoms with Gasteiger partial charge in [-0.25, -0.2) is 12.8 Å². The first-order valence-electron chi connectivity index (χ1n) is 7.90. The zero-order chi connectivity index (χ0) is 19.8. The van der Waals surface area contributed by atoms with Crippen LogP contribution in [-0.4, -0.2) is 49.7 Å². The molecule has 1 aliphatic rings. The SMILES string of the molecule is O=C(c1ccc(Br)cc1F)N1CCN(S(=O)(=O)c2c(Cl)cccc2Cl)CC1. The van der Waals surface area contributed by atoms with E-state index in [0.717, 1.165) is 0 Å². The second kappa shape index (κ2) is 8.05. The van der Waals surface area contributed by atoms with Crippen LogP contribution < -0.4 is 0 Å². The fourth-order valence-corrected chi connectivity index (χ4v) is 5.67. The highest BCUT2D eigenvalue weighted by molar-refractivity contribution is 9.10. The first-order valence-corrected chi connectivity index (χ1v) is 10.9. The quantitative estimate of drug-likeness (QED) is 0.645. The molecule has 0 aromatic heterocycles. The molecule has 144 valence electrons. The normalized spacial score (nSPS) is 15.8. The molecule has 2 aromatic carbocycles. The van der Waals surface area contributed by atoms with Crippen LogP contribution in [0.4, 0.5) is 4.39 Å². The summed E-state index contributed by atoms with van der Waals surface area (Å²) < 4.78 is 41.5.